The van der Waals surface area contributed by atoms with E-state index in [0.717, 1.165) is 29.7 Å². The van der Waals surface area contributed by atoms with Crippen molar-refractivity contribution in [3.8, 4) is 16.3 Å². The van der Waals surface area contributed by atoms with Gasteiger partial charge in [-0.25, -0.2) is 9.37 Å². The number of halogens is 1. The number of hydrogen-bond acceptors (Lipinski definition) is 6. The standard InChI is InChI=1S/C29H33FN4O4S/c1-17(2)33-16-29(4,28(38)32-10-6-5-7-11-32)34-15-21(24(35)25(36)23(34)27(33)37)26-31-14-20(39-26)13-19-9-8-18(3)12-22(19)30/h8-9,12,14-15,17,36H,5-7,10-11,13,16H2,1-4H3. The first-order valence-electron chi connectivity index (χ1n) is 13.3. The van der Waals surface area contributed by atoms with Crippen molar-refractivity contribution in [2.75, 3.05) is 19.6 Å². The van der Waals surface area contributed by atoms with Gasteiger partial charge in [0, 0.05) is 42.8 Å². The number of likely N-dealkylation sites (tertiary alicyclic amines) is 1. The van der Waals surface area contributed by atoms with Gasteiger partial charge in [0.05, 0.1) is 12.1 Å². The van der Waals surface area contributed by atoms with Crippen molar-refractivity contribution in [3.63, 3.8) is 0 Å². The van der Waals surface area contributed by atoms with Gasteiger partial charge in [0.15, 0.2) is 11.4 Å². The van der Waals surface area contributed by atoms with Crippen LogP contribution in [0.2, 0.25) is 0 Å². The van der Waals surface area contributed by atoms with Gasteiger partial charge in [0.25, 0.3) is 5.91 Å². The smallest absolute Gasteiger partial charge is 0.274 e. The number of piperidine rings is 1. The van der Waals surface area contributed by atoms with E-state index < -0.39 is 22.6 Å². The molecule has 5 rings (SSSR count). The fourth-order valence-electron chi connectivity index (χ4n) is 5.49. The Morgan fingerprint density at radius 3 is 2.59 bits per heavy atom. The summed E-state index contributed by atoms with van der Waals surface area (Å²) in [5.74, 6) is -1.64. The summed E-state index contributed by atoms with van der Waals surface area (Å²) >= 11 is 1.22. The van der Waals surface area contributed by atoms with Crippen LogP contribution in [0.5, 0.6) is 5.75 Å². The van der Waals surface area contributed by atoms with Crippen LogP contribution in [-0.2, 0) is 16.8 Å². The molecular formula is C29H33FN4O4S. The Labute approximate surface area is 230 Å². The third-order valence-electron chi connectivity index (χ3n) is 7.74. The second kappa shape index (κ2) is 10.2. The van der Waals surface area contributed by atoms with Crippen molar-refractivity contribution in [2.45, 2.75) is 65.0 Å². The SMILES string of the molecule is Cc1ccc(Cc2cnc(-c3cn4c(c(O)c3=O)C(=O)N(C(C)C)CC4(C)C(=O)N3CCCCC3)s2)c(F)c1. The summed E-state index contributed by atoms with van der Waals surface area (Å²) in [5.41, 5.74) is -0.701. The second-order valence-corrected chi connectivity index (χ2v) is 12.1. The van der Waals surface area contributed by atoms with Crippen LogP contribution < -0.4 is 5.43 Å². The van der Waals surface area contributed by atoms with Gasteiger partial charge in [-0.15, -0.1) is 11.3 Å². The van der Waals surface area contributed by atoms with Gasteiger partial charge in [-0.3, -0.25) is 14.4 Å². The molecule has 0 radical (unpaired) electrons. The van der Waals surface area contributed by atoms with E-state index in [9.17, 15) is 23.9 Å². The molecule has 0 saturated carbocycles. The summed E-state index contributed by atoms with van der Waals surface area (Å²) in [6.07, 6.45) is 6.25. The number of nitrogens with zero attached hydrogens (tertiary/aromatic N) is 4. The monoisotopic (exact) mass is 552 g/mol. The topological polar surface area (TPSA) is 95.7 Å². The van der Waals surface area contributed by atoms with Crippen molar-refractivity contribution in [2.24, 2.45) is 0 Å². The first-order valence-corrected chi connectivity index (χ1v) is 14.1. The second-order valence-electron chi connectivity index (χ2n) is 11.0. The van der Waals surface area contributed by atoms with Gasteiger partial charge in [0.2, 0.25) is 11.3 Å². The van der Waals surface area contributed by atoms with Crippen LogP contribution in [0.25, 0.3) is 10.6 Å². The van der Waals surface area contributed by atoms with Crippen LogP contribution in [0.1, 0.15) is 66.5 Å². The predicted octanol–water partition coefficient (Wildman–Crippen LogP) is 4.31. The Morgan fingerprint density at radius 1 is 1.21 bits per heavy atom. The lowest BCUT2D eigenvalue weighted by Gasteiger charge is -2.46. The summed E-state index contributed by atoms with van der Waals surface area (Å²) in [4.78, 5) is 49.3. The number of aromatic hydroxyl groups is 1. The Morgan fingerprint density at radius 2 is 1.92 bits per heavy atom. The summed E-state index contributed by atoms with van der Waals surface area (Å²) in [6, 6.07) is 4.81. The Kier molecular flexibility index (Phi) is 7.09. The molecule has 8 nitrogen and oxygen atoms in total. The zero-order valence-corrected chi connectivity index (χ0v) is 23.5. The van der Waals surface area contributed by atoms with Gasteiger partial charge >= 0.3 is 0 Å². The van der Waals surface area contributed by atoms with Gasteiger partial charge in [-0.05, 0) is 64.2 Å². The van der Waals surface area contributed by atoms with E-state index in [4.69, 9.17) is 0 Å². The largest absolute Gasteiger partial charge is 0.503 e. The lowest BCUT2D eigenvalue weighted by atomic mass is 9.92. The van der Waals surface area contributed by atoms with Crippen LogP contribution in [0.4, 0.5) is 4.39 Å². The summed E-state index contributed by atoms with van der Waals surface area (Å²) in [5, 5.41) is 11.4. The Bertz CT molecular complexity index is 1510. The maximum absolute atomic E-state index is 14.4. The number of carbonyl (C=O) groups excluding carboxylic acids is 2. The van der Waals surface area contributed by atoms with Gasteiger partial charge in [0.1, 0.15) is 16.4 Å². The van der Waals surface area contributed by atoms with Crippen LogP contribution >= 0.6 is 11.3 Å². The van der Waals surface area contributed by atoms with E-state index in [-0.39, 0.29) is 35.6 Å². The number of aryl methyl sites for hydroxylation is 1. The molecule has 1 unspecified atom stereocenters. The molecule has 0 spiro atoms. The average Bonchev–Trinajstić information content (AvgIpc) is 3.37. The van der Waals surface area contributed by atoms with Crippen molar-refractivity contribution >= 4 is 23.2 Å². The molecule has 206 valence electrons. The van der Waals surface area contributed by atoms with Gasteiger partial charge in [-0.2, -0.15) is 0 Å². The Balaban J connectivity index is 1.60. The van der Waals surface area contributed by atoms with E-state index in [2.05, 4.69) is 4.98 Å². The number of fused-ring (bicyclic) bond motifs is 1. The summed E-state index contributed by atoms with van der Waals surface area (Å²) in [6.45, 7) is 8.64. The molecule has 4 heterocycles. The van der Waals surface area contributed by atoms with E-state index in [1.165, 1.54) is 33.1 Å². The number of amides is 2. The number of hydrogen-bond donors (Lipinski definition) is 1. The number of thiazole rings is 1. The highest BCUT2D eigenvalue weighted by molar-refractivity contribution is 7.15. The predicted molar refractivity (Wildman–Crippen MR) is 148 cm³/mol. The van der Waals surface area contributed by atoms with Crippen molar-refractivity contribution in [1.82, 2.24) is 19.4 Å². The molecule has 2 aromatic heterocycles. The molecule has 2 amide bonds. The molecular weight excluding hydrogens is 519 g/mol. The molecule has 39 heavy (non-hydrogen) atoms. The maximum Gasteiger partial charge on any atom is 0.274 e. The van der Waals surface area contributed by atoms with E-state index >= 15 is 0 Å². The quantitative estimate of drug-likeness (QED) is 0.509. The molecule has 1 saturated heterocycles. The van der Waals surface area contributed by atoms with E-state index in [1.807, 2.05) is 31.7 Å². The van der Waals surface area contributed by atoms with Crippen molar-refractivity contribution in [3.05, 3.63) is 68.3 Å². The van der Waals surface area contributed by atoms with Crippen LogP contribution in [-0.4, -0.2) is 61.9 Å². The molecule has 0 bridgehead atoms. The fourth-order valence-corrected chi connectivity index (χ4v) is 6.43. The molecule has 0 aliphatic carbocycles. The molecule has 1 N–H and O–H groups in total. The summed E-state index contributed by atoms with van der Waals surface area (Å²) in [7, 11) is 0. The summed E-state index contributed by atoms with van der Waals surface area (Å²) < 4.78 is 15.9. The van der Waals surface area contributed by atoms with Crippen LogP contribution in [0.3, 0.4) is 0 Å². The molecule has 2 aliphatic rings. The zero-order chi connectivity index (χ0) is 28.1. The minimum atomic E-state index is -1.23. The number of carbonyl (C=O) groups is 2. The van der Waals surface area contributed by atoms with Crippen molar-refractivity contribution < 1.29 is 19.1 Å². The number of benzene rings is 1. The first kappa shape index (κ1) is 27.1. The fraction of sp³-hybridized carbons (Fsp3) is 0.448. The maximum atomic E-state index is 14.4. The third-order valence-corrected chi connectivity index (χ3v) is 8.77. The highest BCUT2D eigenvalue weighted by Crippen LogP contribution is 2.36. The van der Waals surface area contributed by atoms with Crippen LogP contribution in [0, 0.1) is 12.7 Å². The van der Waals surface area contributed by atoms with Gasteiger partial charge < -0.3 is 19.5 Å². The average molecular weight is 553 g/mol. The van der Waals surface area contributed by atoms with Crippen molar-refractivity contribution in [1.29, 1.82) is 0 Å². The molecule has 1 fully saturated rings. The Hall–Kier alpha value is -3.53. The molecule has 10 heteroatoms. The zero-order valence-electron chi connectivity index (χ0n) is 22.7. The lowest BCUT2D eigenvalue weighted by molar-refractivity contribution is -0.142. The lowest BCUT2D eigenvalue weighted by Crippen LogP contribution is -2.62. The minimum absolute atomic E-state index is 0.0975. The normalized spacial score (nSPS) is 19.5. The molecule has 1 aromatic carbocycles. The van der Waals surface area contributed by atoms with E-state index in [0.29, 0.717) is 30.1 Å². The number of aromatic nitrogens is 2. The highest BCUT2D eigenvalue weighted by Gasteiger charge is 2.48. The molecule has 1 atom stereocenters. The third kappa shape index (κ3) is 4.75. The van der Waals surface area contributed by atoms with Crippen LogP contribution in [0.15, 0.2) is 35.4 Å². The molecule has 3 aromatic rings. The van der Waals surface area contributed by atoms with E-state index in [1.54, 1.807) is 19.2 Å². The molecule has 2 aliphatic heterocycles. The number of rotatable bonds is 5. The minimum Gasteiger partial charge on any atom is -0.503 e. The number of pyridine rings is 1. The first-order chi connectivity index (χ1) is 18.5. The van der Waals surface area contributed by atoms with Gasteiger partial charge in [-0.1, -0.05) is 12.1 Å². The highest BCUT2D eigenvalue weighted by atomic mass is 32.1.